The molecule has 0 aliphatic heterocycles. The lowest BCUT2D eigenvalue weighted by atomic mass is 9.87. The Balaban J connectivity index is 1.94. The molecule has 6 heteroatoms. The monoisotopic (exact) mass is 258 g/mol. The highest BCUT2D eigenvalue weighted by atomic mass is 15.1. The Morgan fingerprint density at radius 3 is 2.11 bits per heavy atom. The first-order valence-electron chi connectivity index (χ1n) is 7.07. The Morgan fingerprint density at radius 2 is 1.50 bits per heavy atom. The number of hydrogen-bond acceptors (Lipinski definition) is 6. The van der Waals surface area contributed by atoms with Crippen LogP contribution in [0, 0.1) is 0 Å². The maximum Gasteiger partial charge on any atom is 0.0663 e. The smallest absolute Gasteiger partial charge is 0.0663 e. The lowest BCUT2D eigenvalue weighted by molar-refractivity contribution is 0.223. The molecule has 0 aromatic rings. The van der Waals surface area contributed by atoms with Crippen molar-refractivity contribution in [3.05, 3.63) is 0 Å². The minimum absolute atomic E-state index is 0.199. The van der Waals surface area contributed by atoms with Crippen LogP contribution in [-0.2, 0) is 0 Å². The van der Waals surface area contributed by atoms with E-state index in [0.29, 0.717) is 12.6 Å². The molecule has 6 nitrogen and oxygen atoms in total. The van der Waals surface area contributed by atoms with Gasteiger partial charge in [0.25, 0.3) is 0 Å². The predicted molar refractivity (Wildman–Crippen MR) is 76.2 cm³/mol. The van der Waals surface area contributed by atoms with Gasteiger partial charge in [0.05, 0.1) is 5.66 Å². The highest BCUT2D eigenvalue weighted by Gasteiger charge is 2.29. The van der Waals surface area contributed by atoms with E-state index in [0.717, 1.165) is 58.4 Å². The van der Waals surface area contributed by atoms with Crippen molar-refractivity contribution in [2.75, 3.05) is 39.3 Å². The fourth-order valence-electron chi connectivity index (χ4n) is 2.26. The molecule has 1 aliphatic carbocycles. The summed E-state index contributed by atoms with van der Waals surface area (Å²) in [7, 11) is 0. The van der Waals surface area contributed by atoms with Crippen molar-refractivity contribution < 1.29 is 0 Å². The van der Waals surface area contributed by atoms with Crippen molar-refractivity contribution in [3.63, 3.8) is 0 Å². The fourth-order valence-corrected chi connectivity index (χ4v) is 2.26. The summed E-state index contributed by atoms with van der Waals surface area (Å²) in [6.07, 6.45) is 4.01. The van der Waals surface area contributed by atoms with Gasteiger partial charge in [-0.25, -0.2) is 0 Å². The van der Waals surface area contributed by atoms with Crippen LogP contribution in [0.1, 0.15) is 25.7 Å². The zero-order valence-corrected chi connectivity index (χ0v) is 11.4. The van der Waals surface area contributed by atoms with Crippen LogP contribution < -0.4 is 33.2 Å². The second-order valence-corrected chi connectivity index (χ2v) is 5.21. The van der Waals surface area contributed by atoms with Crippen LogP contribution in [-0.4, -0.2) is 51.0 Å². The molecule has 1 fully saturated rings. The molecule has 9 N–H and O–H groups in total. The summed E-state index contributed by atoms with van der Waals surface area (Å²) in [5, 5.41) is 10.0. The van der Waals surface area contributed by atoms with Gasteiger partial charge in [-0.1, -0.05) is 0 Å². The Kier molecular flexibility index (Phi) is 7.73. The van der Waals surface area contributed by atoms with Crippen LogP contribution in [0.3, 0.4) is 0 Å². The van der Waals surface area contributed by atoms with Crippen molar-refractivity contribution in [2.24, 2.45) is 17.2 Å². The zero-order valence-electron chi connectivity index (χ0n) is 11.4. The van der Waals surface area contributed by atoms with E-state index in [9.17, 15) is 0 Å². The third kappa shape index (κ3) is 6.63. The predicted octanol–water partition coefficient (Wildman–Crippen LogP) is -1.73. The highest BCUT2D eigenvalue weighted by Crippen LogP contribution is 2.22. The average Bonchev–Trinajstić information content (AvgIpc) is 2.37. The molecule has 1 aliphatic rings. The van der Waals surface area contributed by atoms with Gasteiger partial charge in [-0.2, -0.15) is 0 Å². The van der Waals surface area contributed by atoms with E-state index >= 15 is 0 Å². The van der Waals surface area contributed by atoms with Crippen molar-refractivity contribution in [1.82, 2.24) is 16.0 Å². The number of hydrogen-bond donors (Lipinski definition) is 6. The Labute approximate surface area is 110 Å². The average molecular weight is 258 g/mol. The second kappa shape index (κ2) is 8.79. The Bertz CT molecular complexity index is 203. The van der Waals surface area contributed by atoms with Gasteiger partial charge >= 0.3 is 0 Å². The summed E-state index contributed by atoms with van der Waals surface area (Å²) in [6, 6.07) is 0.343. The van der Waals surface area contributed by atoms with Gasteiger partial charge in [-0.05, 0) is 25.7 Å². The van der Waals surface area contributed by atoms with E-state index in [-0.39, 0.29) is 5.66 Å². The molecule has 0 aromatic heterocycles. The molecule has 0 spiro atoms. The summed E-state index contributed by atoms with van der Waals surface area (Å²) < 4.78 is 0. The summed E-state index contributed by atoms with van der Waals surface area (Å²) in [6.45, 7) is 5.34. The first-order valence-corrected chi connectivity index (χ1v) is 7.07. The lowest BCUT2D eigenvalue weighted by Gasteiger charge is -2.37. The van der Waals surface area contributed by atoms with E-state index in [2.05, 4.69) is 16.0 Å². The molecule has 108 valence electrons. The van der Waals surface area contributed by atoms with Gasteiger partial charge in [0.15, 0.2) is 0 Å². The quantitative estimate of drug-likeness (QED) is 0.216. The van der Waals surface area contributed by atoms with E-state index in [1.54, 1.807) is 0 Å². The van der Waals surface area contributed by atoms with Crippen molar-refractivity contribution in [3.8, 4) is 0 Å². The topological polar surface area (TPSA) is 114 Å². The SMILES string of the molecule is NCCNCCNCCNC1(N)CCC(N)CC1. The third-order valence-electron chi connectivity index (χ3n) is 3.50. The lowest BCUT2D eigenvalue weighted by Crippen LogP contribution is -2.58. The minimum Gasteiger partial charge on any atom is -0.329 e. The van der Waals surface area contributed by atoms with Gasteiger partial charge < -0.3 is 27.8 Å². The summed E-state index contributed by atoms with van der Waals surface area (Å²) >= 11 is 0. The van der Waals surface area contributed by atoms with Crippen molar-refractivity contribution in [2.45, 2.75) is 37.4 Å². The number of rotatable bonds is 9. The molecule has 1 saturated carbocycles. The first kappa shape index (κ1) is 15.8. The van der Waals surface area contributed by atoms with E-state index in [4.69, 9.17) is 17.2 Å². The molecular weight excluding hydrogens is 228 g/mol. The second-order valence-electron chi connectivity index (χ2n) is 5.21. The van der Waals surface area contributed by atoms with Crippen molar-refractivity contribution in [1.29, 1.82) is 0 Å². The molecule has 0 heterocycles. The molecule has 0 bridgehead atoms. The number of nitrogens with two attached hydrogens (primary N) is 3. The molecule has 0 radical (unpaired) electrons. The van der Waals surface area contributed by atoms with Gasteiger partial charge in [0.1, 0.15) is 0 Å². The van der Waals surface area contributed by atoms with Gasteiger partial charge in [-0.3, -0.25) is 5.32 Å². The molecule has 18 heavy (non-hydrogen) atoms. The molecule has 0 aromatic carbocycles. The molecule has 0 saturated heterocycles. The van der Waals surface area contributed by atoms with Crippen LogP contribution in [0.2, 0.25) is 0 Å². The van der Waals surface area contributed by atoms with E-state index in [1.807, 2.05) is 0 Å². The summed E-state index contributed by atoms with van der Waals surface area (Å²) in [5.41, 5.74) is 17.3. The van der Waals surface area contributed by atoms with Crippen LogP contribution in [0.25, 0.3) is 0 Å². The molecule has 0 atom stereocenters. The van der Waals surface area contributed by atoms with Gasteiger partial charge in [0.2, 0.25) is 0 Å². The van der Waals surface area contributed by atoms with E-state index < -0.39 is 0 Å². The highest BCUT2D eigenvalue weighted by molar-refractivity contribution is 4.88. The first-order chi connectivity index (χ1) is 8.66. The standard InChI is InChI=1S/C12H30N6/c13-5-6-16-7-8-17-9-10-18-12(15)3-1-11(14)2-4-12/h11,16-18H,1-10,13-15H2. The minimum atomic E-state index is -0.199. The van der Waals surface area contributed by atoms with Crippen molar-refractivity contribution >= 4 is 0 Å². The Hall–Kier alpha value is -0.240. The normalized spacial score (nSPS) is 28.5. The van der Waals surface area contributed by atoms with Crippen LogP contribution in [0.5, 0.6) is 0 Å². The zero-order chi connectivity index (χ0) is 13.3. The van der Waals surface area contributed by atoms with Crippen LogP contribution >= 0.6 is 0 Å². The molecule has 0 amide bonds. The summed E-state index contributed by atoms with van der Waals surface area (Å²) in [5.74, 6) is 0. The van der Waals surface area contributed by atoms with Crippen LogP contribution in [0.15, 0.2) is 0 Å². The number of nitrogens with one attached hydrogen (secondary N) is 3. The van der Waals surface area contributed by atoms with Gasteiger partial charge in [0, 0.05) is 45.3 Å². The maximum atomic E-state index is 6.28. The molecule has 0 unspecified atom stereocenters. The molecule has 1 rings (SSSR count). The van der Waals surface area contributed by atoms with E-state index in [1.165, 1.54) is 0 Å². The van der Waals surface area contributed by atoms with Gasteiger partial charge in [-0.15, -0.1) is 0 Å². The summed E-state index contributed by atoms with van der Waals surface area (Å²) in [4.78, 5) is 0. The van der Waals surface area contributed by atoms with Crippen LogP contribution in [0.4, 0.5) is 0 Å². The fraction of sp³-hybridized carbons (Fsp3) is 1.00. The Morgan fingerprint density at radius 1 is 0.944 bits per heavy atom. The third-order valence-corrected chi connectivity index (χ3v) is 3.50. The maximum absolute atomic E-state index is 6.28. The largest absolute Gasteiger partial charge is 0.329 e. The molecular formula is C12H30N6.